The molecule has 0 saturated heterocycles. The fourth-order valence-electron chi connectivity index (χ4n) is 3.32. The first-order chi connectivity index (χ1) is 12.2. The van der Waals surface area contributed by atoms with Crippen LogP contribution in [0.25, 0.3) is 10.9 Å². The summed E-state index contributed by atoms with van der Waals surface area (Å²) in [6, 6.07) is 11.3. The Morgan fingerprint density at radius 2 is 1.77 bits per heavy atom. The highest BCUT2D eigenvalue weighted by molar-refractivity contribution is 6.01. The minimum absolute atomic E-state index is 0.214. The lowest BCUT2D eigenvalue weighted by atomic mass is 9.92. The molecule has 3 aromatic rings. The summed E-state index contributed by atoms with van der Waals surface area (Å²) in [4.78, 5) is 16.0. The lowest BCUT2D eigenvalue weighted by Crippen LogP contribution is -2.16. The van der Waals surface area contributed by atoms with Gasteiger partial charge < -0.3 is 5.73 Å². The van der Waals surface area contributed by atoms with E-state index in [9.17, 15) is 18.0 Å². The van der Waals surface area contributed by atoms with Crippen molar-refractivity contribution in [1.82, 2.24) is 4.98 Å². The van der Waals surface area contributed by atoms with Crippen molar-refractivity contribution in [3.63, 3.8) is 0 Å². The fraction of sp³-hybridized carbons (Fsp3) is 0.200. The fourth-order valence-corrected chi connectivity index (χ4v) is 3.32. The first kappa shape index (κ1) is 17.9. The SMILES string of the molecule is Cc1nc2cc(C(F)(F)F)cc(Cc3ccccc3)c2c(C)c1C(N)=O. The summed E-state index contributed by atoms with van der Waals surface area (Å²) in [6.07, 6.45) is -4.18. The number of nitrogens with zero attached hydrogens (tertiary/aromatic N) is 1. The molecule has 0 bridgehead atoms. The topological polar surface area (TPSA) is 56.0 Å². The van der Waals surface area contributed by atoms with Crippen LogP contribution in [0.2, 0.25) is 0 Å². The number of halogens is 3. The standard InChI is InChI=1S/C20H17F3N2O/c1-11-17(19(24)26)12(2)25-16-10-15(20(21,22)23)9-14(18(11)16)8-13-6-4-3-5-7-13/h3-7,9-10H,8H2,1-2H3,(H2,24,26). The molecule has 26 heavy (non-hydrogen) atoms. The van der Waals surface area contributed by atoms with Gasteiger partial charge in [0, 0.05) is 5.39 Å². The molecular weight excluding hydrogens is 341 g/mol. The number of carbonyl (C=O) groups is 1. The normalized spacial score (nSPS) is 11.7. The maximum Gasteiger partial charge on any atom is 0.416 e. The van der Waals surface area contributed by atoms with Gasteiger partial charge in [-0.3, -0.25) is 9.78 Å². The minimum Gasteiger partial charge on any atom is -0.366 e. The van der Waals surface area contributed by atoms with Gasteiger partial charge in [-0.1, -0.05) is 30.3 Å². The van der Waals surface area contributed by atoms with Crippen molar-refractivity contribution in [1.29, 1.82) is 0 Å². The van der Waals surface area contributed by atoms with Crippen LogP contribution in [-0.2, 0) is 12.6 Å². The van der Waals surface area contributed by atoms with Crippen LogP contribution in [0, 0.1) is 13.8 Å². The molecule has 0 saturated carbocycles. The van der Waals surface area contributed by atoms with Crippen LogP contribution >= 0.6 is 0 Å². The van der Waals surface area contributed by atoms with Gasteiger partial charge in [-0.15, -0.1) is 0 Å². The summed E-state index contributed by atoms with van der Waals surface area (Å²) in [7, 11) is 0. The Morgan fingerprint density at radius 3 is 2.35 bits per heavy atom. The molecule has 0 atom stereocenters. The van der Waals surface area contributed by atoms with E-state index in [1.54, 1.807) is 13.8 Å². The number of fused-ring (bicyclic) bond motifs is 1. The molecule has 0 spiro atoms. The highest BCUT2D eigenvalue weighted by atomic mass is 19.4. The molecule has 1 aromatic heterocycles. The average molecular weight is 358 g/mol. The second-order valence-corrected chi connectivity index (χ2v) is 6.25. The number of carbonyl (C=O) groups excluding carboxylic acids is 1. The van der Waals surface area contributed by atoms with E-state index in [0.717, 1.165) is 17.7 Å². The van der Waals surface area contributed by atoms with Crippen molar-refractivity contribution in [2.75, 3.05) is 0 Å². The molecule has 134 valence electrons. The van der Waals surface area contributed by atoms with E-state index in [1.807, 2.05) is 30.3 Å². The van der Waals surface area contributed by atoms with E-state index in [0.29, 0.717) is 28.6 Å². The van der Waals surface area contributed by atoms with E-state index in [2.05, 4.69) is 4.98 Å². The van der Waals surface area contributed by atoms with E-state index < -0.39 is 17.6 Å². The van der Waals surface area contributed by atoms with Gasteiger partial charge in [-0.05, 0) is 49.1 Å². The zero-order valence-corrected chi connectivity index (χ0v) is 14.3. The van der Waals surface area contributed by atoms with Gasteiger partial charge in [-0.25, -0.2) is 0 Å². The third kappa shape index (κ3) is 3.27. The van der Waals surface area contributed by atoms with E-state index in [1.165, 1.54) is 0 Å². The number of aryl methyl sites for hydroxylation is 2. The molecule has 3 nitrogen and oxygen atoms in total. The summed E-state index contributed by atoms with van der Waals surface area (Å²) >= 11 is 0. The van der Waals surface area contributed by atoms with Gasteiger partial charge in [0.05, 0.1) is 22.3 Å². The summed E-state index contributed by atoms with van der Waals surface area (Å²) in [5.41, 5.74) is 7.38. The number of hydrogen-bond acceptors (Lipinski definition) is 2. The largest absolute Gasteiger partial charge is 0.416 e. The number of alkyl halides is 3. The van der Waals surface area contributed by atoms with Crippen molar-refractivity contribution in [3.8, 4) is 0 Å². The molecule has 0 aliphatic rings. The Morgan fingerprint density at radius 1 is 1.12 bits per heavy atom. The van der Waals surface area contributed by atoms with Gasteiger partial charge in [0.25, 0.3) is 5.91 Å². The maximum atomic E-state index is 13.3. The number of primary amides is 1. The van der Waals surface area contributed by atoms with E-state index >= 15 is 0 Å². The van der Waals surface area contributed by atoms with Gasteiger partial charge in [0.1, 0.15) is 0 Å². The second kappa shape index (κ2) is 6.44. The Kier molecular flexibility index (Phi) is 4.44. The van der Waals surface area contributed by atoms with Crippen LogP contribution in [0.4, 0.5) is 13.2 Å². The average Bonchev–Trinajstić information content (AvgIpc) is 2.53. The van der Waals surface area contributed by atoms with Crippen LogP contribution in [0.5, 0.6) is 0 Å². The predicted molar refractivity (Wildman–Crippen MR) is 94.0 cm³/mol. The molecule has 3 rings (SSSR count). The first-order valence-corrected chi connectivity index (χ1v) is 8.03. The Hall–Kier alpha value is -2.89. The van der Waals surface area contributed by atoms with Crippen molar-refractivity contribution >= 4 is 16.8 Å². The molecule has 0 aliphatic heterocycles. The maximum absolute atomic E-state index is 13.3. The number of pyridine rings is 1. The zero-order chi connectivity index (χ0) is 19.1. The molecule has 1 amide bonds. The van der Waals surface area contributed by atoms with Gasteiger partial charge in [0.15, 0.2) is 0 Å². The van der Waals surface area contributed by atoms with Gasteiger partial charge in [0.2, 0.25) is 0 Å². The van der Waals surface area contributed by atoms with E-state index in [4.69, 9.17) is 5.73 Å². The van der Waals surface area contributed by atoms with E-state index in [-0.39, 0.29) is 11.1 Å². The highest BCUT2D eigenvalue weighted by Gasteiger charge is 2.32. The number of aromatic nitrogens is 1. The second-order valence-electron chi connectivity index (χ2n) is 6.25. The molecule has 0 fully saturated rings. The van der Waals surface area contributed by atoms with Crippen LogP contribution in [0.3, 0.4) is 0 Å². The molecule has 0 unspecified atom stereocenters. The number of hydrogen-bond donors (Lipinski definition) is 1. The van der Waals surface area contributed by atoms with Crippen LogP contribution in [0.15, 0.2) is 42.5 Å². The van der Waals surface area contributed by atoms with Gasteiger partial charge >= 0.3 is 6.18 Å². The predicted octanol–water partition coefficient (Wildman–Crippen LogP) is 4.56. The quantitative estimate of drug-likeness (QED) is 0.746. The first-order valence-electron chi connectivity index (χ1n) is 8.03. The Bertz CT molecular complexity index is 996. The molecular formula is C20H17F3N2O. The van der Waals surface area contributed by atoms with Crippen LogP contribution < -0.4 is 5.73 Å². The molecule has 1 heterocycles. The lowest BCUT2D eigenvalue weighted by molar-refractivity contribution is -0.137. The van der Waals surface area contributed by atoms with Crippen molar-refractivity contribution < 1.29 is 18.0 Å². The number of nitrogens with two attached hydrogens (primary N) is 1. The molecule has 2 N–H and O–H groups in total. The summed E-state index contributed by atoms with van der Waals surface area (Å²) < 4.78 is 40.0. The number of amides is 1. The minimum atomic E-state index is -4.48. The number of benzene rings is 2. The third-order valence-electron chi connectivity index (χ3n) is 4.41. The summed E-state index contributed by atoms with van der Waals surface area (Å²) in [5, 5.41) is 0.543. The zero-order valence-electron chi connectivity index (χ0n) is 14.3. The Labute approximate surface area is 148 Å². The highest BCUT2D eigenvalue weighted by Crippen LogP contribution is 2.35. The summed E-state index contributed by atoms with van der Waals surface area (Å²) in [6.45, 7) is 3.27. The molecule has 0 radical (unpaired) electrons. The van der Waals surface area contributed by atoms with Crippen LogP contribution in [-0.4, -0.2) is 10.9 Å². The molecule has 2 aromatic carbocycles. The molecule has 6 heteroatoms. The van der Waals surface area contributed by atoms with Crippen molar-refractivity contribution in [2.45, 2.75) is 26.4 Å². The lowest BCUT2D eigenvalue weighted by Gasteiger charge is -2.17. The summed E-state index contributed by atoms with van der Waals surface area (Å²) in [5.74, 6) is -0.639. The molecule has 0 aliphatic carbocycles. The monoisotopic (exact) mass is 358 g/mol. The number of rotatable bonds is 3. The van der Waals surface area contributed by atoms with Crippen LogP contribution in [0.1, 0.15) is 38.3 Å². The Balaban J connectivity index is 2.34. The van der Waals surface area contributed by atoms with Crippen molar-refractivity contribution in [2.24, 2.45) is 5.73 Å². The van der Waals surface area contributed by atoms with Gasteiger partial charge in [-0.2, -0.15) is 13.2 Å². The third-order valence-corrected chi connectivity index (χ3v) is 4.41. The van der Waals surface area contributed by atoms with Crippen molar-refractivity contribution in [3.05, 3.63) is 76.0 Å². The smallest absolute Gasteiger partial charge is 0.366 e.